The van der Waals surface area contributed by atoms with Crippen LogP contribution in [0.4, 0.5) is 0 Å². The fourth-order valence-electron chi connectivity index (χ4n) is 0.436. The quantitative estimate of drug-likeness (QED) is 0.573. The Morgan fingerprint density at radius 1 is 1.50 bits per heavy atom. The highest BCUT2D eigenvalue weighted by molar-refractivity contribution is 7.85. The Bertz CT molecular complexity index is 185. The molecule has 0 rings (SSSR count). The van der Waals surface area contributed by atoms with Crippen molar-refractivity contribution in [1.82, 2.24) is 0 Å². The van der Waals surface area contributed by atoms with Gasteiger partial charge in [-0.1, -0.05) is 13.8 Å². The first kappa shape index (κ1) is 9.87. The van der Waals surface area contributed by atoms with Gasteiger partial charge in [0.1, 0.15) is 0 Å². The lowest BCUT2D eigenvalue weighted by Crippen LogP contribution is -2.34. The zero-order valence-corrected chi connectivity index (χ0v) is 6.93. The monoisotopic (exact) mass is 167 g/mol. The summed E-state index contributed by atoms with van der Waals surface area (Å²) in [7, 11) is -3.89. The summed E-state index contributed by atoms with van der Waals surface area (Å²) in [6.07, 6.45) is 0. The van der Waals surface area contributed by atoms with E-state index in [2.05, 4.69) is 0 Å². The molecule has 0 aromatic carbocycles. The van der Waals surface area contributed by atoms with Gasteiger partial charge in [0, 0.05) is 6.04 Å². The molecule has 0 aliphatic rings. The Balaban J connectivity index is 3.93. The van der Waals surface area contributed by atoms with Gasteiger partial charge in [0.15, 0.2) is 0 Å². The molecule has 0 aromatic rings. The molecule has 0 aliphatic heterocycles. The molecule has 0 amide bonds. The summed E-state index contributed by atoms with van der Waals surface area (Å²) in [4.78, 5) is 0. The minimum atomic E-state index is -3.89. The maximum Gasteiger partial charge on any atom is 0.266 e. The molecule has 0 saturated carbocycles. The lowest BCUT2D eigenvalue weighted by molar-refractivity contribution is 0.457. The number of hydrogen-bond donors (Lipinski definition) is 2. The molecule has 0 aromatic heterocycles. The van der Waals surface area contributed by atoms with Crippen LogP contribution in [-0.4, -0.2) is 24.8 Å². The lowest BCUT2D eigenvalue weighted by Gasteiger charge is -2.12. The molecule has 0 radical (unpaired) electrons. The Morgan fingerprint density at radius 3 is 2.00 bits per heavy atom. The van der Waals surface area contributed by atoms with E-state index < -0.39 is 16.2 Å². The van der Waals surface area contributed by atoms with Crippen molar-refractivity contribution in [2.45, 2.75) is 19.9 Å². The number of nitrogens with two attached hydrogens (primary N) is 1. The molecular formula is C5H13NO3S. The number of hydrogen-bond acceptors (Lipinski definition) is 3. The van der Waals surface area contributed by atoms with Crippen LogP contribution in [0.2, 0.25) is 0 Å². The second kappa shape index (κ2) is 3.32. The second-order valence-corrected chi connectivity index (χ2v) is 4.15. The average molecular weight is 167 g/mol. The Labute approximate surface area is 61.2 Å². The highest BCUT2D eigenvalue weighted by Crippen LogP contribution is 2.00. The highest BCUT2D eigenvalue weighted by Gasteiger charge is 2.15. The predicted octanol–water partition coefficient (Wildman–Crippen LogP) is -0.142. The zero-order chi connectivity index (χ0) is 8.36. The van der Waals surface area contributed by atoms with Crippen molar-refractivity contribution in [3.05, 3.63) is 0 Å². The Hall–Kier alpha value is -0.130. The molecule has 0 spiro atoms. The van der Waals surface area contributed by atoms with Gasteiger partial charge in [0.2, 0.25) is 0 Å². The minimum absolute atomic E-state index is 0.0712. The summed E-state index contributed by atoms with van der Waals surface area (Å²) in [5.74, 6) is -0.285. The van der Waals surface area contributed by atoms with Crippen molar-refractivity contribution in [3.8, 4) is 0 Å². The van der Waals surface area contributed by atoms with Crippen LogP contribution < -0.4 is 5.73 Å². The highest BCUT2D eigenvalue weighted by atomic mass is 32.2. The van der Waals surface area contributed by atoms with Crippen LogP contribution in [0.5, 0.6) is 0 Å². The van der Waals surface area contributed by atoms with Crippen molar-refractivity contribution in [1.29, 1.82) is 0 Å². The van der Waals surface area contributed by atoms with E-state index in [1.54, 1.807) is 13.8 Å². The van der Waals surface area contributed by atoms with E-state index in [-0.39, 0.29) is 11.7 Å². The van der Waals surface area contributed by atoms with E-state index in [9.17, 15) is 8.42 Å². The van der Waals surface area contributed by atoms with Crippen molar-refractivity contribution in [2.24, 2.45) is 11.7 Å². The van der Waals surface area contributed by atoms with Crippen LogP contribution in [0, 0.1) is 5.92 Å². The third-order valence-electron chi connectivity index (χ3n) is 1.26. The summed E-state index contributed by atoms with van der Waals surface area (Å²) >= 11 is 0. The Kier molecular flexibility index (Phi) is 3.27. The van der Waals surface area contributed by atoms with Crippen molar-refractivity contribution in [2.75, 3.05) is 5.75 Å². The third-order valence-corrected chi connectivity index (χ3v) is 2.07. The van der Waals surface area contributed by atoms with Gasteiger partial charge in [-0.05, 0) is 5.92 Å². The van der Waals surface area contributed by atoms with Crippen LogP contribution in [0.25, 0.3) is 0 Å². The molecule has 0 heterocycles. The first-order valence-corrected chi connectivity index (χ1v) is 4.64. The van der Waals surface area contributed by atoms with Gasteiger partial charge in [-0.25, -0.2) is 0 Å². The average Bonchev–Trinajstić information content (AvgIpc) is 1.60. The van der Waals surface area contributed by atoms with E-state index >= 15 is 0 Å². The van der Waals surface area contributed by atoms with Gasteiger partial charge in [-0.3, -0.25) is 4.55 Å². The smallest absolute Gasteiger partial charge is 0.266 e. The maximum absolute atomic E-state index is 10.2. The van der Waals surface area contributed by atoms with E-state index in [1.807, 2.05) is 0 Å². The molecule has 0 fully saturated rings. The van der Waals surface area contributed by atoms with Crippen molar-refractivity contribution < 1.29 is 13.0 Å². The molecule has 0 bridgehead atoms. The summed E-state index contributed by atoms with van der Waals surface area (Å²) in [6.45, 7) is 3.60. The molecule has 62 valence electrons. The predicted molar refractivity (Wildman–Crippen MR) is 39.2 cm³/mol. The fourth-order valence-corrected chi connectivity index (χ4v) is 1.31. The largest absolute Gasteiger partial charge is 0.326 e. The van der Waals surface area contributed by atoms with Gasteiger partial charge < -0.3 is 5.73 Å². The molecule has 0 saturated heterocycles. The molecule has 0 aliphatic carbocycles. The van der Waals surface area contributed by atoms with Crippen molar-refractivity contribution >= 4 is 10.1 Å². The summed E-state index contributed by atoms with van der Waals surface area (Å²) < 4.78 is 28.8. The van der Waals surface area contributed by atoms with Crippen LogP contribution >= 0.6 is 0 Å². The van der Waals surface area contributed by atoms with E-state index in [0.29, 0.717) is 0 Å². The van der Waals surface area contributed by atoms with Crippen LogP contribution in [0.15, 0.2) is 0 Å². The maximum atomic E-state index is 10.2. The minimum Gasteiger partial charge on any atom is -0.326 e. The van der Waals surface area contributed by atoms with Gasteiger partial charge in [-0.15, -0.1) is 0 Å². The molecule has 1 atom stereocenters. The normalized spacial score (nSPS) is 15.7. The van der Waals surface area contributed by atoms with Crippen LogP contribution in [0.1, 0.15) is 13.8 Å². The van der Waals surface area contributed by atoms with E-state index in [4.69, 9.17) is 10.3 Å². The van der Waals surface area contributed by atoms with Gasteiger partial charge >= 0.3 is 0 Å². The first-order chi connectivity index (χ1) is 4.33. The zero-order valence-electron chi connectivity index (χ0n) is 6.11. The van der Waals surface area contributed by atoms with Crippen LogP contribution in [0.3, 0.4) is 0 Å². The SMILES string of the molecule is CC(C)[C@H](N)CS(=O)(=O)O. The summed E-state index contributed by atoms with van der Waals surface area (Å²) in [6, 6.07) is -0.477. The topological polar surface area (TPSA) is 80.4 Å². The van der Waals surface area contributed by atoms with Gasteiger partial charge in [0.25, 0.3) is 10.1 Å². The second-order valence-electron chi connectivity index (χ2n) is 2.66. The summed E-state index contributed by atoms with van der Waals surface area (Å²) in [5, 5.41) is 0. The fraction of sp³-hybridized carbons (Fsp3) is 1.00. The molecule has 3 N–H and O–H groups in total. The molecular weight excluding hydrogens is 154 g/mol. The van der Waals surface area contributed by atoms with Gasteiger partial charge in [-0.2, -0.15) is 8.42 Å². The van der Waals surface area contributed by atoms with E-state index in [0.717, 1.165) is 0 Å². The molecule has 4 nitrogen and oxygen atoms in total. The molecule has 10 heavy (non-hydrogen) atoms. The van der Waals surface area contributed by atoms with Gasteiger partial charge in [0.05, 0.1) is 5.75 Å². The van der Waals surface area contributed by atoms with Crippen LogP contribution in [-0.2, 0) is 10.1 Å². The summed E-state index contributed by atoms with van der Waals surface area (Å²) in [5.41, 5.74) is 5.36. The Morgan fingerprint density at radius 2 is 1.90 bits per heavy atom. The standard InChI is InChI=1S/C5H13NO3S/c1-4(2)5(6)3-10(7,8)9/h4-5H,3,6H2,1-2H3,(H,7,8,9)/t5-/m1/s1. The van der Waals surface area contributed by atoms with Crippen molar-refractivity contribution in [3.63, 3.8) is 0 Å². The third kappa shape index (κ3) is 4.72. The first-order valence-electron chi connectivity index (χ1n) is 3.03. The molecule has 0 unspecified atom stereocenters. The lowest BCUT2D eigenvalue weighted by atomic mass is 10.1. The molecule has 5 heteroatoms. The van der Waals surface area contributed by atoms with E-state index in [1.165, 1.54) is 0 Å². The number of rotatable bonds is 3.